The van der Waals surface area contributed by atoms with E-state index < -0.39 is 38.7 Å². The van der Waals surface area contributed by atoms with Crippen LogP contribution in [0.2, 0.25) is 0 Å². The molecule has 0 unspecified atom stereocenters. The lowest BCUT2D eigenvalue weighted by atomic mass is 10.2. The first-order valence-electron chi connectivity index (χ1n) is 6.05. The molecule has 10 heteroatoms. The van der Waals surface area contributed by atoms with Gasteiger partial charge in [-0.3, -0.25) is 9.78 Å². The van der Waals surface area contributed by atoms with Crippen molar-refractivity contribution in [2.45, 2.75) is 29.6 Å². The topological polar surface area (TPSA) is 79.4 Å². The van der Waals surface area contributed by atoms with Gasteiger partial charge in [0.05, 0.1) is 0 Å². The van der Waals surface area contributed by atoms with Crippen LogP contribution in [0.1, 0.15) is 12.1 Å². The van der Waals surface area contributed by atoms with Crippen molar-refractivity contribution >= 4 is 15.9 Å². The second-order valence-corrected chi connectivity index (χ2v) is 6.74. The van der Waals surface area contributed by atoms with E-state index in [0.29, 0.717) is 0 Å². The Hall–Kier alpha value is -1.68. The van der Waals surface area contributed by atoms with Gasteiger partial charge in [0, 0.05) is 18.8 Å². The van der Waals surface area contributed by atoms with Gasteiger partial charge in [0.25, 0.3) is 0 Å². The van der Waals surface area contributed by atoms with Crippen molar-refractivity contribution in [2.75, 3.05) is 6.54 Å². The van der Waals surface area contributed by atoms with Gasteiger partial charge < -0.3 is 5.32 Å². The third kappa shape index (κ3) is 2.18. The summed E-state index contributed by atoms with van der Waals surface area (Å²) in [6.45, 7) is -0.0229. The van der Waals surface area contributed by atoms with Crippen molar-refractivity contribution in [2.24, 2.45) is 0 Å². The van der Waals surface area contributed by atoms with Crippen LogP contribution in [0.5, 0.6) is 0 Å². The molecule has 2 aliphatic heterocycles. The monoisotopic (exact) mass is 321 g/mol. The van der Waals surface area contributed by atoms with Crippen LogP contribution in [-0.2, 0) is 21.0 Å². The van der Waals surface area contributed by atoms with E-state index in [1.54, 1.807) is 0 Å². The summed E-state index contributed by atoms with van der Waals surface area (Å²) < 4.78 is 64.4. The van der Waals surface area contributed by atoms with Gasteiger partial charge in [-0.25, -0.2) is 8.42 Å². The first-order chi connectivity index (χ1) is 9.71. The van der Waals surface area contributed by atoms with Gasteiger partial charge in [-0.05, 0) is 18.6 Å². The molecule has 0 saturated carbocycles. The highest BCUT2D eigenvalue weighted by Gasteiger charge is 2.51. The highest BCUT2D eigenvalue weighted by Crippen LogP contribution is 2.36. The average molecular weight is 321 g/mol. The van der Waals surface area contributed by atoms with Crippen LogP contribution >= 0.6 is 0 Å². The fourth-order valence-electron chi connectivity index (χ4n) is 2.65. The summed E-state index contributed by atoms with van der Waals surface area (Å²) in [5.74, 6) is -0.479. The number of pyridine rings is 1. The molecule has 1 amide bonds. The normalized spacial score (nSPS) is 26.1. The fourth-order valence-corrected chi connectivity index (χ4v) is 4.46. The maximum Gasteiger partial charge on any atom is 0.434 e. The molecule has 1 aromatic rings. The first kappa shape index (κ1) is 14.3. The van der Waals surface area contributed by atoms with E-state index >= 15 is 0 Å². The number of alkyl halides is 3. The third-order valence-electron chi connectivity index (χ3n) is 3.53. The predicted molar refractivity (Wildman–Crippen MR) is 63.5 cm³/mol. The lowest BCUT2D eigenvalue weighted by Gasteiger charge is -2.26. The molecule has 1 N–H and O–H groups in total. The molecule has 3 rings (SSSR count). The number of piperazine rings is 1. The number of hydrogen-bond acceptors (Lipinski definition) is 4. The molecule has 0 aromatic carbocycles. The molecular weight excluding hydrogens is 311 g/mol. The second kappa shape index (κ2) is 4.41. The summed E-state index contributed by atoms with van der Waals surface area (Å²) in [6, 6.07) is 0.690. The van der Waals surface area contributed by atoms with Crippen LogP contribution in [0, 0.1) is 0 Å². The van der Waals surface area contributed by atoms with E-state index in [0.717, 1.165) is 22.6 Å². The van der Waals surface area contributed by atoms with Crippen molar-refractivity contribution < 1.29 is 26.4 Å². The van der Waals surface area contributed by atoms with Crippen molar-refractivity contribution in [3.8, 4) is 0 Å². The number of nitrogens with zero attached hydrogens (tertiary/aromatic N) is 2. The van der Waals surface area contributed by atoms with Crippen LogP contribution in [0.15, 0.2) is 23.2 Å². The number of carbonyl (C=O) groups is 1. The van der Waals surface area contributed by atoms with Gasteiger partial charge in [-0.2, -0.15) is 17.5 Å². The Kier molecular flexibility index (Phi) is 2.99. The predicted octanol–water partition coefficient (Wildman–Crippen LogP) is 0.362. The van der Waals surface area contributed by atoms with E-state index in [9.17, 15) is 26.4 Å². The van der Waals surface area contributed by atoms with Gasteiger partial charge in [0.15, 0.2) is 5.69 Å². The maximum absolute atomic E-state index is 12.9. The minimum Gasteiger partial charge on any atom is -0.351 e. The van der Waals surface area contributed by atoms with E-state index in [-0.39, 0.29) is 19.0 Å². The lowest BCUT2D eigenvalue weighted by molar-refractivity contribution is -0.143. The third-order valence-corrected chi connectivity index (χ3v) is 5.44. The van der Waals surface area contributed by atoms with Crippen LogP contribution in [-0.4, -0.2) is 42.2 Å². The molecule has 0 radical (unpaired) electrons. The summed E-state index contributed by atoms with van der Waals surface area (Å²) in [4.78, 5) is 13.8. The largest absolute Gasteiger partial charge is 0.434 e. The minimum atomic E-state index is -4.88. The standard InChI is InChI=1S/C11H10F3N3O3S/c12-11(13,14)9-8(2-1-3-15-9)21(19,20)17-5-6-4-7(17)10(18)16-6/h1-3,6-7H,4-5H2,(H,16,18)/t6-,7-/m0/s1. The Balaban J connectivity index is 2.07. The van der Waals surface area contributed by atoms with E-state index in [4.69, 9.17) is 0 Å². The highest BCUT2D eigenvalue weighted by molar-refractivity contribution is 7.89. The number of fused-ring (bicyclic) bond motifs is 2. The molecule has 21 heavy (non-hydrogen) atoms. The number of halogens is 3. The number of sulfonamides is 1. The number of aromatic nitrogens is 1. The molecule has 2 aliphatic rings. The zero-order chi connectivity index (χ0) is 15.4. The Morgan fingerprint density at radius 3 is 2.67 bits per heavy atom. The number of carbonyl (C=O) groups excluding carboxylic acids is 1. The van der Waals surface area contributed by atoms with Crippen molar-refractivity contribution in [3.05, 3.63) is 24.0 Å². The SMILES string of the molecule is O=C1N[C@H]2C[C@@H]1N(S(=O)(=O)c1cccnc1C(F)(F)F)C2. The molecule has 114 valence electrons. The van der Waals surface area contributed by atoms with Gasteiger partial charge in [-0.15, -0.1) is 0 Å². The number of nitrogens with one attached hydrogen (secondary N) is 1. The highest BCUT2D eigenvalue weighted by atomic mass is 32.2. The van der Waals surface area contributed by atoms with Crippen molar-refractivity contribution in [3.63, 3.8) is 0 Å². The van der Waals surface area contributed by atoms with Crippen LogP contribution in [0.25, 0.3) is 0 Å². The van der Waals surface area contributed by atoms with Gasteiger partial charge in [0.2, 0.25) is 15.9 Å². The van der Waals surface area contributed by atoms with Crippen molar-refractivity contribution in [1.82, 2.24) is 14.6 Å². The molecule has 0 aliphatic carbocycles. The van der Waals surface area contributed by atoms with Crippen molar-refractivity contribution in [1.29, 1.82) is 0 Å². The summed E-state index contributed by atoms with van der Waals surface area (Å²) >= 11 is 0. The minimum absolute atomic E-state index is 0.0229. The average Bonchev–Trinajstić information content (AvgIpc) is 2.97. The Morgan fingerprint density at radius 1 is 1.38 bits per heavy atom. The zero-order valence-corrected chi connectivity index (χ0v) is 11.3. The number of hydrogen-bond donors (Lipinski definition) is 1. The number of rotatable bonds is 2. The second-order valence-electron chi connectivity index (χ2n) is 4.88. The van der Waals surface area contributed by atoms with Gasteiger partial charge in [-0.1, -0.05) is 0 Å². The molecule has 2 atom stereocenters. The van der Waals surface area contributed by atoms with E-state index in [1.165, 1.54) is 0 Å². The fraction of sp³-hybridized carbons (Fsp3) is 0.455. The van der Waals surface area contributed by atoms with Gasteiger partial charge in [0.1, 0.15) is 10.9 Å². The van der Waals surface area contributed by atoms with E-state index in [2.05, 4.69) is 10.3 Å². The first-order valence-corrected chi connectivity index (χ1v) is 7.49. The smallest absolute Gasteiger partial charge is 0.351 e. The molecule has 0 spiro atoms. The van der Waals surface area contributed by atoms with Gasteiger partial charge >= 0.3 is 6.18 Å². The summed E-state index contributed by atoms with van der Waals surface area (Å²) in [7, 11) is -4.43. The number of amides is 1. The quantitative estimate of drug-likeness (QED) is 0.853. The molecule has 2 bridgehead atoms. The molecule has 1 aromatic heterocycles. The summed E-state index contributed by atoms with van der Waals surface area (Å²) in [5.41, 5.74) is -1.46. The molecule has 2 fully saturated rings. The Bertz CT molecular complexity index is 704. The zero-order valence-electron chi connectivity index (χ0n) is 10.5. The Morgan fingerprint density at radius 2 is 2.10 bits per heavy atom. The summed E-state index contributed by atoms with van der Waals surface area (Å²) in [6.07, 6.45) is -3.73. The lowest BCUT2D eigenvalue weighted by Crippen LogP contribution is -2.50. The van der Waals surface area contributed by atoms with E-state index in [1.807, 2.05) is 0 Å². The summed E-state index contributed by atoms with van der Waals surface area (Å²) in [5, 5.41) is 2.57. The molecule has 3 heterocycles. The Labute approximate surface area is 118 Å². The van der Waals surface area contributed by atoms with Crippen LogP contribution < -0.4 is 5.32 Å². The van der Waals surface area contributed by atoms with Crippen LogP contribution in [0.4, 0.5) is 13.2 Å². The van der Waals surface area contributed by atoms with Crippen LogP contribution in [0.3, 0.4) is 0 Å². The molecule has 2 saturated heterocycles. The molecule has 6 nitrogen and oxygen atoms in total. The molecular formula is C11H10F3N3O3S. The maximum atomic E-state index is 12.9.